The van der Waals surface area contributed by atoms with Crippen molar-refractivity contribution < 1.29 is 14.3 Å². The SMILES string of the molecule is Cc1ccccc1OC[C@H](C)NC(=O)[C@@H](C)Oc1cc(C)c(Cl)c(C)c1. The van der Waals surface area contributed by atoms with Crippen molar-refractivity contribution in [1.82, 2.24) is 5.32 Å². The highest BCUT2D eigenvalue weighted by Gasteiger charge is 2.18. The van der Waals surface area contributed by atoms with E-state index in [1.54, 1.807) is 6.92 Å². The van der Waals surface area contributed by atoms with E-state index in [2.05, 4.69) is 5.32 Å². The van der Waals surface area contributed by atoms with Crippen LogP contribution >= 0.6 is 11.6 Å². The van der Waals surface area contributed by atoms with Gasteiger partial charge >= 0.3 is 0 Å². The van der Waals surface area contributed by atoms with Gasteiger partial charge in [0.2, 0.25) is 0 Å². The van der Waals surface area contributed by atoms with Crippen molar-refractivity contribution in [3.63, 3.8) is 0 Å². The normalized spacial score (nSPS) is 13.0. The summed E-state index contributed by atoms with van der Waals surface area (Å²) in [6.45, 7) is 9.84. The van der Waals surface area contributed by atoms with Crippen molar-refractivity contribution in [2.24, 2.45) is 0 Å². The second-order valence-electron chi connectivity index (χ2n) is 6.62. The second kappa shape index (κ2) is 8.95. The molecule has 2 aromatic carbocycles. The summed E-state index contributed by atoms with van der Waals surface area (Å²) in [6.07, 6.45) is -0.615. The van der Waals surface area contributed by atoms with Gasteiger partial charge in [0.15, 0.2) is 6.10 Å². The van der Waals surface area contributed by atoms with E-state index < -0.39 is 6.10 Å². The molecule has 4 nitrogen and oxygen atoms in total. The van der Waals surface area contributed by atoms with Crippen molar-refractivity contribution in [3.8, 4) is 11.5 Å². The number of carbonyl (C=O) groups excluding carboxylic acids is 1. The van der Waals surface area contributed by atoms with Crippen molar-refractivity contribution >= 4 is 17.5 Å². The third-order valence-corrected chi connectivity index (χ3v) is 4.66. The number of amides is 1. The Morgan fingerprint density at radius 2 is 1.69 bits per heavy atom. The summed E-state index contributed by atoms with van der Waals surface area (Å²) in [6, 6.07) is 11.3. The van der Waals surface area contributed by atoms with Crippen molar-refractivity contribution in [1.29, 1.82) is 0 Å². The number of benzene rings is 2. The molecule has 0 saturated carbocycles. The number of rotatable bonds is 7. The van der Waals surface area contributed by atoms with Crippen LogP contribution in [0.4, 0.5) is 0 Å². The average molecular weight is 376 g/mol. The molecule has 0 fully saturated rings. The molecule has 2 rings (SSSR count). The monoisotopic (exact) mass is 375 g/mol. The Bertz CT molecular complexity index is 753. The van der Waals surface area contributed by atoms with Gasteiger partial charge in [0, 0.05) is 5.02 Å². The minimum Gasteiger partial charge on any atom is -0.491 e. The first kappa shape index (κ1) is 20.1. The Balaban J connectivity index is 1.87. The maximum atomic E-state index is 12.4. The zero-order valence-electron chi connectivity index (χ0n) is 15.9. The van der Waals surface area contributed by atoms with Crippen LogP contribution in [0.25, 0.3) is 0 Å². The minimum atomic E-state index is -0.615. The molecule has 0 radical (unpaired) electrons. The van der Waals surface area contributed by atoms with Crippen LogP contribution in [-0.4, -0.2) is 24.7 Å². The molecule has 0 aliphatic rings. The number of halogens is 1. The molecule has 0 aliphatic heterocycles. The van der Waals surface area contributed by atoms with Crippen LogP contribution in [0, 0.1) is 20.8 Å². The lowest BCUT2D eigenvalue weighted by Gasteiger charge is -2.20. The van der Waals surface area contributed by atoms with Crippen LogP contribution in [-0.2, 0) is 4.79 Å². The second-order valence-corrected chi connectivity index (χ2v) is 7.00. The fourth-order valence-corrected chi connectivity index (χ4v) is 2.68. The van der Waals surface area contributed by atoms with Gasteiger partial charge in [-0.2, -0.15) is 0 Å². The zero-order valence-corrected chi connectivity index (χ0v) is 16.7. The number of nitrogens with one attached hydrogen (secondary N) is 1. The highest BCUT2D eigenvalue weighted by atomic mass is 35.5. The Morgan fingerprint density at radius 3 is 2.31 bits per heavy atom. The van der Waals surface area contributed by atoms with E-state index in [9.17, 15) is 4.79 Å². The summed E-state index contributed by atoms with van der Waals surface area (Å²) in [7, 11) is 0. The van der Waals surface area contributed by atoms with Gasteiger partial charge < -0.3 is 14.8 Å². The van der Waals surface area contributed by atoms with Gasteiger partial charge in [0.25, 0.3) is 5.91 Å². The van der Waals surface area contributed by atoms with Crippen LogP contribution in [0.1, 0.15) is 30.5 Å². The molecular weight excluding hydrogens is 350 g/mol. The molecule has 5 heteroatoms. The molecule has 0 spiro atoms. The van der Waals surface area contributed by atoms with E-state index in [0.717, 1.165) is 27.5 Å². The van der Waals surface area contributed by atoms with E-state index >= 15 is 0 Å². The molecule has 2 aromatic rings. The summed E-state index contributed by atoms with van der Waals surface area (Å²) >= 11 is 6.17. The number of ether oxygens (including phenoxy) is 2. The van der Waals surface area contributed by atoms with Gasteiger partial charge in [-0.3, -0.25) is 4.79 Å². The summed E-state index contributed by atoms with van der Waals surface area (Å²) in [4.78, 5) is 12.4. The van der Waals surface area contributed by atoms with E-state index in [0.29, 0.717) is 12.4 Å². The molecule has 26 heavy (non-hydrogen) atoms. The molecule has 2 atom stereocenters. The van der Waals surface area contributed by atoms with E-state index in [4.69, 9.17) is 21.1 Å². The minimum absolute atomic E-state index is 0.137. The molecule has 0 heterocycles. The molecule has 0 bridgehead atoms. The fourth-order valence-electron chi connectivity index (χ4n) is 2.57. The summed E-state index contributed by atoms with van der Waals surface area (Å²) in [5, 5.41) is 3.63. The third kappa shape index (κ3) is 5.40. The lowest BCUT2D eigenvalue weighted by Crippen LogP contribution is -2.43. The van der Waals surface area contributed by atoms with Crippen LogP contribution in [0.3, 0.4) is 0 Å². The first-order chi connectivity index (χ1) is 12.3. The van der Waals surface area contributed by atoms with Gasteiger partial charge in [-0.1, -0.05) is 29.8 Å². The average Bonchev–Trinajstić information content (AvgIpc) is 2.58. The van der Waals surface area contributed by atoms with Crippen LogP contribution in [0.5, 0.6) is 11.5 Å². The van der Waals surface area contributed by atoms with E-state index in [1.165, 1.54) is 0 Å². The number of para-hydroxylation sites is 1. The molecule has 140 valence electrons. The molecule has 1 N–H and O–H groups in total. The van der Waals surface area contributed by atoms with Crippen molar-refractivity contribution in [2.75, 3.05) is 6.61 Å². The summed E-state index contributed by atoms with van der Waals surface area (Å²) in [5.74, 6) is 1.28. The molecule has 0 aliphatic carbocycles. The van der Waals surface area contributed by atoms with Crippen LogP contribution in [0.15, 0.2) is 36.4 Å². The molecule has 1 amide bonds. The quantitative estimate of drug-likeness (QED) is 0.768. The van der Waals surface area contributed by atoms with Crippen LogP contribution < -0.4 is 14.8 Å². The van der Waals surface area contributed by atoms with Gasteiger partial charge in [0.1, 0.15) is 18.1 Å². The standard InChI is InChI=1S/C21H26ClNO3/c1-13-8-6-7-9-19(13)25-12-16(4)23-21(24)17(5)26-18-10-14(2)20(22)15(3)11-18/h6-11,16-17H,12H2,1-5H3,(H,23,24)/t16-,17+/m0/s1. The first-order valence-electron chi connectivity index (χ1n) is 8.70. The Hall–Kier alpha value is -2.20. The van der Waals surface area contributed by atoms with Gasteiger partial charge in [-0.15, -0.1) is 0 Å². The number of aryl methyl sites for hydroxylation is 3. The highest BCUT2D eigenvalue weighted by molar-refractivity contribution is 6.32. The Kier molecular flexibility index (Phi) is 6.92. The van der Waals surface area contributed by atoms with Gasteiger partial charge in [-0.05, 0) is 69.5 Å². The molecule has 0 saturated heterocycles. The van der Waals surface area contributed by atoms with Gasteiger partial charge in [-0.25, -0.2) is 0 Å². The Labute approximate surface area is 160 Å². The topological polar surface area (TPSA) is 47.6 Å². The Morgan fingerprint density at radius 1 is 1.08 bits per heavy atom. The van der Waals surface area contributed by atoms with E-state index in [1.807, 2.05) is 64.1 Å². The van der Waals surface area contributed by atoms with Crippen LogP contribution in [0.2, 0.25) is 5.02 Å². The number of hydrogen-bond acceptors (Lipinski definition) is 3. The lowest BCUT2D eigenvalue weighted by atomic mass is 10.1. The molecular formula is C21H26ClNO3. The van der Waals surface area contributed by atoms with Gasteiger partial charge in [0.05, 0.1) is 6.04 Å². The fraction of sp³-hybridized carbons (Fsp3) is 0.381. The van der Waals surface area contributed by atoms with Crippen molar-refractivity contribution in [3.05, 3.63) is 58.1 Å². The highest BCUT2D eigenvalue weighted by Crippen LogP contribution is 2.26. The maximum Gasteiger partial charge on any atom is 0.261 e. The predicted molar refractivity (Wildman–Crippen MR) is 105 cm³/mol. The predicted octanol–water partition coefficient (Wildman–Crippen LogP) is 4.62. The molecule has 0 aromatic heterocycles. The number of hydrogen-bond donors (Lipinski definition) is 1. The smallest absolute Gasteiger partial charge is 0.261 e. The zero-order chi connectivity index (χ0) is 19.3. The van der Waals surface area contributed by atoms with E-state index in [-0.39, 0.29) is 11.9 Å². The molecule has 0 unspecified atom stereocenters. The third-order valence-electron chi connectivity index (χ3n) is 4.06. The first-order valence-corrected chi connectivity index (χ1v) is 9.08. The summed E-state index contributed by atoms with van der Waals surface area (Å²) < 4.78 is 11.5. The summed E-state index contributed by atoms with van der Waals surface area (Å²) in [5.41, 5.74) is 2.92. The maximum absolute atomic E-state index is 12.4. The lowest BCUT2D eigenvalue weighted by molar-refractivity contribution is -0.128. The largest absolute Gasteiger partial charge is 0.491 e. The van der Waals surface area contributed by atoms with Crippen molar-refractivity contribution in [2.45, 2.75) is 46.8 Å². The number of carbonyl (C=O) groups is 1.